The standard InChI is InChI=1S/C18H37NO2/c1-2-3-4-5-6-7-8-9-10-11-12-13-14-15-18(21)17(19)16-20/h14-15,17-18,20-21H,2-13,16,19H2,1H3/b15-14-/t17-,18+/m1/s1. The van der Waals surface area contributed by atoms with Gasteiger partial charge in [-0.1, -0.05) is 83.3 Å². The van der Waals surface area contributed by atoms with Crippen LogP contribution in [0.15, 0.2) is 12.2 Å². The van der Waals surface area contributed by atoms with Crippen molar-refractivity contribution in [2.24, 2.45) is 5.73 Å². The normalized spacial score (nSPS) is 14.7. The van der Waals surface area contributed by atoms with Gasteiger partial charge in [0.15, 0.2) is 0 Å². The van der Waals surface area contributed by atoms with Crippen molar-refractivity contribution in [3.8, 4) is 0 Å². The Hall–Kier alpha value is -0.380. The molecular weight excluding hydrogens is 262 g/mol. The molecule has 0 bridgehead atoms. The molecular formula is C18H37NO2. The van der Waals surface area contributed by atoms with E-state index in [1.54, 1.807) is 6.08 Å². The summed E-state index contributed by atoms with van der Waals surface area (Å²) >= 11 is 0. The van der Waals surface area contributed by atoms with Crippen LogP contribution in [0.1, 0.15) is 84.0 Å². The maximum absolute atomic E-state index is 9.52. The smallest absolute Gasteiger partial charge is 0.0894 e. The van der Waals surface area contributed by atoms with Crippen LogP contribution in [0, 0.1) is 0 Å². The molecule has 0 aliphatic carbocycles. The molecule has 0 heterocycles. The molecule has 0 amide bonds. The summed E-state index contributed by atoms with van der Waals surface area (Å²) in [6, 6.07) is -0.557. The van der Waals surface area contributed by atoms with Gasteiger partial charge in [0.2, 0.25) is 0 Å². The van der Waals surface area contributed by atoms with Crippen molar-refractivity contribution in [1.82, 2.24) is 0 Å². The van der Waals surface area contributed by atoms with Crippen LogP contribution >= 0.6 is 0 Å². The lowest BCUT2D eigenvalue weighted by Crippen LogP contribution is -2.36. The topological polar surface area (TPSA) is 66.5 Å². The molecule has 126 valence electrons. The zero-order chi connectivity index (χ0) is 15.8. The highest BCUT2D eigenvalue weighted by Gasteiger charge is 2.08. The second-order valence-electron chi connectivity index (χ2n) is 6.09. The van der Waals surface area contributed by atoms with Crippen LogP contribution < -0.4 is 5.73 Å². The second kappa shape index (κ2) is 16.0. The van der Waals surface area contributed by atoms with Crippen molar-refractivity contribution >= 4 is 0 Å². The van der Waals surface area contributed by atoms with E-state index in [1.807, 2.05) is 6.08 Å². The number of hydrogen-bond donors (Lipinski definition) is 3. The molecule has 3 nitrogen and oxygen atoms in total. The van der Waals surface area contributed by atoms with E-state index in [4.69, 9.17) is 10.8 Å². The van der Waals surface area contributed by atoms with E-state index in [2.05, 4.69) is 6.92 Å². The largest absolute Gasteiger partial charge is 0.395 e. The van der Waals surface area contributed by atoms with E-state index in [0.29, 0.717) is 0 Å². The molecule has 0 aliphatic rings. The van der Waals surface area contributed by atoms with E-state index in [1.165, 1.54) is 70.6 Å². The average molecular weight is 299 g/mol. The van der Waals surface area contributed by atoms with Crippen LogP contribution in [0.2, 0.25) is 0 Å². The van der Waals surface area contributed by atoms with Crippen LogP contribution in [0.4, 0.5) is 0 Å². The molecule has 2 atom stereocenters. The molecule has 0 unspecified atom stereocenters. The second-order valence-corrected chi connectivity index (χ2v) is 6.09. The fraction of sp³-hybridized carbons (Fsp3) is 0.889. The fourth-order valence-corrected chi connectivity index (χ4v) is 2.41. The van der Waals surface area contributed by atoms with Gasteiger partial charge in [-0.3, -0.25) is 0 Å². The molecule has 3 heteroatoms. The summed E-state index contributed by atoms with van der Waals surface area (Å²) in [6.07, 6.45) is 18.8. The van der Waals surface area contributed by atoms with Crippen LogP contribution in [0.5, 0.6) is 0 Å². The fourth-order valence-electron chi connectivity index (χ4n) is 2.41. The minimum absolute atomic E-state index is 0.177. The molecule has 0 rings (SSSR count). The van der Waals surface area contributed by atoms with Crippen LogP contribution in [-0.2, 0) is 0 Å². The first-order valence-electron chi connectivity index (χ1n) is 8.93. The van der Waals surface area contributed by atoms with Crippen LogP contribution in [-0.4, -0.2) is 29.0 Å². The Morgan fingerprint density at radius 2 is 1.33 bits per heavy atom. The molecule has 0 aliphatic heterocycles. The predicted molar refractivity (Wildman–Crippen MR) is 91.3 cm³/mol. The van der Waals surface area contributed by atoms with Gasteiger partial charge < -0.3 is 15.9 Å². The highest BCUT2D eigenvalue weighted by molar-refractivity contribution is 4.93. The third-order valence-corrected chi connectivity index (χ3v) is 3.96. The minimum atomic E-state index is -0.720. The number of allylic oxidation sites excluding steroid dienone is 1. The summed E-state index contributed by atoms with van der Waals surface area (Å²) < 4.78 is 0. The van der Waals surface area contributed by atoms with Crippen molar-refractivity contribution in [1.29, 1.82) is 0 Å². The molecule has 0 radical (unpaired) electrons. The number of hydrogen-bond acceptors (Lipinski definition) is 3. The van der Waals surface area contributed by atoms with Gasteiger partial charge >= 0.3 is 0 Å². The first-order chi connectivity index (χ1) is 10.2. The van der Waals surface area contributed by atoms with Gasteiger partial charge in [-0.25, -0.2) is 0 Å². The molecule has 0 spiro atoms. The van der Waals surface area contributed by atoms with Gasteiger partial charge in [0.05, 0.1) is 18.8 Å². The molecule has 0 saturated heterocycles. The average Bonchev–Trinajstić information content (AvgIpc) is 2.50. The summed E-state index contributed by atoms with van der Waals surface area (Å²) in [4.78, 5) is 0. The van der Waals surface area contributed by atoms with E-state index < -0.39 is 12.1 Å². The number of aliphatic hydroxyl groups excluding tert-OH is 2. The van der Waals surface area contributed by atoms with Gasteiger partial charge in [0.1, 0.15) is 0 Å². The Balaban J connectivity index is 3.20. The first kappa shape index (κ1) is 20.6. The SMILES string of the molecule is CCCCCCCCCCCCC/C=C\[C@H](O)[C@H](N)CO. The first-order valence-corrected chi connectivity index (χ1v) is 8.93. The summed E-state index contributed by atoms with van der Waals surface area (Å²) in [5.74, 6) is 0. The lowest BCUT2D eigenvalue weighted by molar-refractivity contribution is 0.144. The maximum atomic E-state index is 9.52. The Kier molecular flexibility index (Phi) is 15.7. The van der Waals surface area contributed by atoms with Gasteiger partial charge in [-0.15, -0.1) is 0 Å². The van der Waals surface area contributed by atoms with Crippen LogP contribution in [0.25, 0.3) is 0 Å². The van der Waals surface area contributed by atoms with Gasteiger partial charge in [0, 0.05) is 0 Å². The third-order valence-electron chi connectivity index (χ3n) is 3.96. The molecule has 0 saturated carbocycles. The van der Waals surface area contributed by atoms with Crippen molar-refractivity contribution in [2.45, 2.75) is 96.1 Å². The number of nitrogens with two attached hydrogens (primary N) is 1. The van der Waals surface area contributed by atoms with E-state index >= 15 is 0 Å². The van der Waals surface area contributed by atoms with Crippen LogP contribution in [0.3, 0.4) is 0 Å². The molecule has 0 fully saturated rings. The zero-order valence-electron chi connectivity index (χ0n) is 14.0. The zero-order valence-corrected chi connectivity index (χ0v) is 14.0. The molecule has 21 heavy (non-hydrogen) atoms. The highest BCUT2D eigenvalue weighted by Crippen LogP contribution is 2.12. The molecule has 0 aromatic carbocycles. The van der Waals surface area contributed by atoms with Crippen molar-refractivity contribution < 1.29 is 10.2 Å². The van der Waals surface area contributed by atoms with Gasteiger partial charge in [-0.2, -0.15) is 0 Å². The Morgan fingerprint density at radius 1 is 0.857 bits per heavy atom. The van der Waals surface area contributed by atoms with Crippen molar-refractivity contribution in [3.63, 3.8) is 0 Å². The number of unbranched alkanes of at least 4 members (excludes halogenated alkanes) is 11. The molecule has 0 aromatic heterocycles. The summed E-state index contributed by atoms with van der Waals surface area (Å²) in [5.41, 5.74) is 5.51. The third kappa shape index (κ3) is 14.3. The predicted octanol–water partition coefficient (Wildman–Crippen LogP) is 3.92. The Labute approximate surface area is 131 Å². The van der Waals surface area contributed by atoms with Crippen molar-refractivity contribution in [2.75, 3.05) is 6.61 Å². The van der Waals surface area contributed by atoms with Gasteiger partial charge in [-0.05, 0) is 12.8 Å². The number of rotatable bonds is 15. The van der Waals surface area contributed by atoms with E-state index in [-0.39, 0.29) is 6.61 Å². The lowest BCUT2D eigenvalue weighted by atomic mass is 10.0. The quantitative estimate of drug-likeness (QED) is 0.317. The van der Waals surface area contributed by atoms with E-state index in [0.717, 1.165) is 6.42 Å². The molecule has 0 aromatic rings. The maximum Gasteiger partial charge on any atom is 0.0894 e. The summed E-state index contributed by atoms with van der Waals surface area (Å²) in [7, 11) is 0. The van der Waals surface area contributed by atoms with E-state index in [9.17, 15) is 5.11 Å². The van der Waals surface area contributed by atoms with Gasteiger partial charge in [0.25, 0.3) is 0 Å². The minimum Gasteiger partial charge on any atom is -0.395 e. The Morgan fingerprint density at radius 3 is 1.81 bits per heavy atom. The molecule has 4 N–H and O–H groups in total. The number of aliphatic hydroxyl groups is 2. The Bertz CT molecular complexity index is 231. The highest BCUT2D eigenvalue weighted by atomic mass is 16.3. The monoisotopic (exact) mass is 299 g/mol. The summed E-state index contributed by atoms with van der Waals surface area (Å²) in [5, 5.41) is 18.3. The lowest BCUT2D eigenvalue weighted by Gasteiger charge is -2.11. The summed E-state index contributed by atoms with van der Waals surface area (Å²) in [6.45, 7) is 2.08. The van der Waals surface area contributed by atoms with Crippen molar-refractivity contribution in [3.05, 3.63) is 12.2 Å².